The maximum Gasteiger partial charge on any atom is 0.573 e. The lowest BCUT2D eigenvalue weighted by Gasteiger charge is -2.18. The molecule has 1 aromatic heterocycles. The molecular formula is C19H17F3N4O2. The van der Waals surface area contributed by atoms with Crippen molar-refractivity contribution in [2.75, 3.05) is 23.7 Å². The number of carbonyl (C=O) groups is 1. The van der Waals surface area contributed by atoms with Gasteiger partial charge in [0, 0.05) is 30.3 Å². The van der Waals surface area contributed by atoms with Crippen molar-refractivity contribution in [3.63, 3.8) is 0 Å². The average molecular weight is 390 g/mol. The molecule has 1 aliphatic heterocycles. The highest BCUT2D eigenvalue weighted by atomic mass is 19.4. The van der Waals surface area contributed by atoms with Crippen LogP contribution < -0.4 is 15.4 Å². The number of benzene rings is 2. The number of halogens is 3. The summed E-state index contributed by atoms with van der Waals surface area (Å²) in [4.78, 5) is 22.0. The number of H-pyrrole nitrogens is 1. The molecule has 1 saturated heterocycles. The van der Waals surface area contributed by atoms with E-state index >= 15 is 0 Å². The van der Waals surface area contributed by atoms with Gasteiger partial charge >= 0.3 is 6.36 Å². The van der Waals surface area contributed by atoms with Crippen LogP contribution in [0, 0.1) is 5.92 Å². The van der Waals surface area contributed by atoms with Crippen molar-refractivity contribution >= 4 is 28.5 Å². The van der Waals surface area contributed by atoms with E-state index in [9.17, 15) is 18.0 Å². The monoisotopic (exact) mass is 390 g/mol. The Morgan fingerprint density at radius 3 is 2.68 bits per heavy atom. The molecule has 1 atom stereocenters. The largest absolute Gasteiger partial charge is 0.573 e. The number of Topliss-reactive ketones (excluding diaryl/α,β-unsaturated/α-hetero) is 1. The lowest BCUT2D eigenvalue weighted by Crippen LogP contribution is -2.23. The van der Waals surface area contributed by atoms with Crippen LogP contribution in [0.4, 0.5) is 24.8 Å². The Bertz CT molecular complexity index is 1010. The van der Waals surface area contributed by atoms with E-state index in [4.69, 9.17) is 5.73 Å². The number of alkyl halides is 3. The highest BCUT2D eigenvalue weighted by Crippen LogP contribution is 2.29. The molecule has 1 aliphatic rings. The van der Waals surface area contributed by atoms with Gasteiger partial charge in [0.15, 0.2) is 11.7 Å². The van der Waals surface area contributed by atoms with Gasteiger partial charge in [0.25, 0.3) is 0 Å². The molecule has 0 amide bonds. The van der Waals surface area contributed by atoms with Gasteiger partial charge in [0.2, 0.25) is 0 Å². The third-order valence-electron chi connectivity index (χ3n) is 4.78. The van der Waals surface area contributed by atoms with E-state index < -0.39 is 6.36 Å². The van der Waals surface area contributed by atoms with Gasteiger partial charge in [0.05, 0.1) is 11.0 Å². The van der Waals surface area contributed by atoms with Crippen LogP contribution in [0.25, 0.3) is 11.0 Å². The van der Waals surface area contributed by atoms with Crippen molar-refractivity contribution in [1.82, 2.24) is 9.97 Å². The van der Waals surface area contributed by atoms with Gasteiger partial charge in [-0.15, -0.1) is 13.2 Å². The fraction of sp³-hybridized carbons (Fsp3) is 0.263. The smallest absolute Gasteiger partial charge is 0.406 e. The fourth-order valence-corrected chi connectivity index (χ4v) is 3.48. The molecule has 4 rings (SSSR count). The summed E-state index contributed by atoms with van der Waals surface area (Å²) in [5.74, 6) is -0.311. The van der Waals surface area contributed by atoms with E-state index in [2.05, 4.69) is 19.6 Å². The van der Waals surface area contributed by atoms with Crippen molar-refractivity contribution in [3.05, 3.63) is 48.0 Å². The molecule has 3 N–H and O–H groups in total. The number of rotatable bonds is 4. The molecule has 6 nitrogen and oxygen atoms in total. The first-order valence-electron chi connectivity index (χ1n) is 8.69. The number of nitrogen functional groups attached to an aromatic ring is 1. The average Bonchev–Trinajstić information content (AvgIpc) is 3.25. The van der Waals surface area contributed by atoms with Crippen LogP contribution in [0.5, 0.6) is 5.75 Å². The van der Waals surface area contributed by atoms with Gasteiger partial charge in [0.1, 0.15) is 5.75 Å². The van der Waals surface area contributed by atoms with Crippen LogP contribution in [-0.2, 0) is 0 Å². The molecule has 0 bridgehead atoms. The van der Waals surface area contributed by atoms with E-state index in [1.807, 2.05) is 18.2 Å². The van der Waals surface area contributed by atoms with Crippen molar-refractivity contribution in [1.29, 1.82) is 0 Å². The molecule has 1 unspecified atom stereocenters. The van der Waals surface area contributed by atoms with Gasteiger partial charge in [-0.3, -0.25) is 4.79 Å². The van der Waals surface area contributed by atoms with E-state index in [0.717, 1.165) is 28.9 Å². The number of aromatic nitrogens is 2. The molecule has 0 radical (unpaired) electrons. The molecule has 146 valence electrons. The van der Waals surface area contributed by atoms with Crippen LogP contribution >= 0.6 is 0 Å². The summed E-state index contributed by atoms with van der Waals surface area (Å²) in [7, 11) is 0. The fourth-order valence-electron chi connectivity index (χ4n) is 3.48. The normalized spacial score (nSPS) is 17.2. The zero-order valence-corrected chi connectivity index (χ0v) is 14.7. The summed E-state index contributed by atoms with van der Waals surface area (Å²) >= 11 is 0. The Kier molecular flexibility index (Phi) is 4.37. The molecule has 2 heterocycles. The van der Waals surface area contributed by atoms with Crippen LogP contribution in [0.2, 0.25) is 0 Å². The number of hydrogen-bond acceptors (Lipinski definition) is 5. The second-order valence-corrected chi connectivity index (χ2v) is 6.69. The topological polar surface area (TPSA) is 84.2 Å². The molecule has 9 heteroatoms. The molecule has 0 saturated carbocycles. The first-order valence-corrected chi connectivity index (χ1v) is 8.69. The van der Waals surface area contributed by atoms with Gasteiger partial charge in [-0.05, 0) is 48.9 Å². The number of fused-ring (bicyclic) bond motifs is 1. The maximum absolute atomic E-state index is 12.7. The number of imidazole rings is 1. The van der Waals surface area contributed by atoms with Gasteiger partial charge in [-0.1, -0.05) is 0 Å². The predicted octanol–water partition coefficient (Wildman–Crippen LogP) is 3.75. The Morgan fingerprint density at radius 2 is 1.96 bits per heavy atom. The van der Waals surface area contributed by atoms with E-state index in [0.29, 0.717) is 31.0 Å². The molecule has 1 fully saturated rings. The zero-order chi connectivity index (χ0) is 19.9. The predicted molar refractivity (Wildman–Crippen MR) is 98.3 cm³/mol. The Labute approximate surface area is 158 Å². The number of nitrogens with one attached hydrogen (secondary N) is 1. The number of nitrogens with zero attached hydrogens (tertiary/aromatic N) is 2. The number of aromatic amines is 1. The number of ketones is 1. The lowest BCUT2D eigenvalue weighted by atomic mass is 9.97. The third kappa shape index (κ3) is 3.73. The van der Waals surface area contributed by atoms with Gasteiger partial charge in [-0.25, -0.2) is 4.98 Å². The molecule has 28 heavy (non-hydrogen) atoms. The molecule has 3 aromatic rings. The summed E-state index contributed by atoms with van der Waals surface area (Å²) in [5, 5.41) is 0. The number of carbonyl (C=O) groups excluding carboxylic acids is 1. The summed E-state index contributed by atoms with van der Waals surface area (Å²) < 4.78 is 40.6. The second kappa shape index (κ2) is 6.74. The maximum atomic E-state index is 12.7. The summed E-state index contributed by atoms with van der Waals surface area (Å²) in [6.07, 6.45) is -4.08. The van der Waals surface area contributed by atoms with E-state index in [1.165, 1.54) is 12.1 Å². The quantitative estimate of drug-likeness (QED) is 0.663. The second-order valence-electron chi connectivity index (χ2n) is 6.69. The molecule has 0 spiro atoms. The van der Waals surface area contributed by atoms with Crippen LogP contribution in [0.3, 0.4) is 0 Å². The summed E-state index contributed by atoms with van der Waals surface area (Å²) in [5.41, 5.74) is 8.60. The van der Waals surface area contributed by atoms with Crippen LogP contribution in [0.1, 0.15) is 16.8 Å². The summed E-state index contributed by atoms with van der Waals surface area (Å²) in [6, 6.07) is 10.8. The first kappa shape index (κ1) is 18.1. The third-order valence-corrected chi connectivity index (χ3v) is 4.78. The van der Waals surface area contributed by atoms with Gasteiger partial charge in [-0.2, -0.15) is 0 Å². The SMILES string of the molecule is Nc1nc2ccc(N3CCC(C(=O)c4ccc(OC(F)(F)F)cc4)C3)cc2[nH]1. The Balaban J connectivity index is 1.44. The highest BCUT2D eigenvalue weighted by Gasteiger charge is 2.32. The standard InChI is InChI=1S/C19H17F3N4O2/c20-19(21,22)28-14-4-1-11(2-5-14)17(27)12-7-8-26(10-12)13-3-6-15-16(9-13)25-18(23)24-15/h1-6,9,12H,7-8,10H2,(H3,23,24,25). The van der Waals surface area contributed by atoms with Gasteiger partial charge < -0.3 is 20.4 Å². The Morgan fingerprint density at radius 1 is 1.21 bits per heavy atom. The number of hydrogen-bond donors (Lipinski definition) is 2. The van der Waals surface area contributed by atoms with Crippen molar-refractivity contribution in [3.8, 4) is 5.75 Å². The van der Waals surface area contributed by atoms with E-state index in [1.54, 1.807) is 0 Å². The molecular weight excluding hydrogens is 373 g/mol. The first-order chi connectivity index (χ1) is 13.3. The minimum atomic E-state index is -4.75. The minimum Gasteiger partial charge on any atom is -0.406 e. The Hall–Kier alpha value is -3.23. The van der Waals surface area contributed by atoms with E-state index in [-0.39, 0.29) is 17.5 Å². The minimum absolute atomic E-state index is 0.0899. The lowest BCUT2D eigenvalue weighted by molar-refractivity contribution is -0.274. The van der Waals surface area contributed by atoms with Crippen molar-refractivity contribution < 1.29 is 22.7 Å². The number of ether oxygens (including phenoxy) is 1. The number of nitrogens with two attached hydrogens (primary N) is 1. The van der Waals surface area contributed by atoms with Crippen molar-refractivity contribution in [2.24, 2.45) is 5.92 Å². The van der Waals surface area contributed by atoms with Crippen LogP contribution in [-0.4, -0.2) is 35.2 Å². The highest BCUT2D eigenvalue weighted by molar-refractivity contribution is 5.98. The zero-order valence-electron chi connectivity index (χ0n) is 14.7. The number of anilines is 2. The summed E-state index contributed by atoms with van der Waals surface area (Å²) in [6.45, 7) is 1.25. The van der Waals surface area contributed by atoms with Crippen molar-refractivity contribution in [2.45, 2.75) is 12.8 Å². The molecule has 2 aromatic carbocycles. The van der Waals surface area contributed by atoms with Crippen LogP contribution in [0.15, 0.2) is 42.5 Å². The molecule has 0 aliphatic carbocycles.